The van der Waals surface area contributed by atoms with Crippen molar-refractivity contribution < 1.29 is 19.8 Å². The van der Waals surface area contributed by atoms with Gasteiger partial charge in [0.25, 0.3) is 0 Å². The molecule has 0 aliphatic heterocycles. The number of amides is 1. The first-order valence-electron chi connectivity index (χ1n) is 5.99. The summed E-state index contributed by atoms with van der Waals surface area (Å²) >= 11 is 0. The van der Waals surface area contributed by atoms with Crippen molar-refractivity contribution in [3.05, 3.63) is 23.8 Å². The number of rotatable bonds is 6. The predicted molar refractivity (Wildman–Crippen MR) is 71.5 cm³/mol. The highest BCUT2D eigenvalue weighted by molar-refractivity contribution is 5.94. The first kappa shape index (κ1) is 15.0. The maximum atomic E-state index is 11.6. The predicted octanol–water partition coefficient (Wildman–Crippen LogP) is 1.42. The molecule has 6 heteroatoms. The van der Waals surface area contributed by atoms with Gasteiger partial charge in [-0.1, -0.05) is 13.8 Å². The summed E-state index contributed by atoms with van der Waals surface area (Å²) in [6.45, 7) is 4.53. The van der Waals surface area contributed by atoms with Gasteiger partial charge in [0.1, 0.15) is 11.3 Å². The Bertz CT molecular complexity index is 472. The molecule has 0 heterocycles. The minimum absolute atomic E-state index is 0.195. The third kappa shape index (κ3) is 4.97. The fourth-order valence-electron chi connectivity index (χ4n) is 1.49. The summed E-state index contributed by atoms with van der Waals surface area (Å²) in [5.41, 5.74) is 0.177. The maximum absolute atomic E-state index is 11.6. The quantitative estimate of drug-likeness (QED) is 0.624. The zero-order chi connectivity index (χ0) is 14.4. The summed E-state index contributed by atoms with van der Waals surface area (Å²) in [5, 5.41) is 23.9. The number of carbonyl (C=O) groups excluding carboxylic acids is 1. The second-order valence-electron chi connectivity index (χ2n) is 4.44. The average Bonchev–Trinajstić information content (AvgIpc) is 2.27. The second kappa shape index (κ2) is 6.75. The number of carbonyl (C=O) groups is 2. The van der Waals surface area contributed by atoms with Crippen LogP contribution >= 0.6 is 0 Å². The Morgan fingerprint density at radius 1 is 1.32 bits per heavy atom. The van der Waals surface area contributed by atoms with Gasteiger partial charge in [-0.3, -0.25) is 4.79 Å². The molecule has 0 atom stereocenters. The van der Waals surface area contributed by atoms with Gasteiger partial charge in [0.15, 0.2) is 0 Å². The SMILES string of the molecule is CC(C)NCCC(=O)Nc1ccc(C(=O)O)c(O)c1. The molecule has 0 aliphatic rings. The fraction of sp³-hybridized carbons (Fsp3) is 0.385. The molecule has 0 aromatic heterocycles. The minimum atomic E-state index is -1.21. The number of nitrogens with one attached hydrogen (secondary N) is 2. The summed E-state index contributed by atoms with van der Waals surface area (Å²) in [7, 11) is 0. The molecule has 6 nitrogen and oxygen atoms in total. The van der Waals surface area contributed by atoms with Crippen LogP contribution in [0.2, 0.25) is 0 Å². The molecule has 19 heavy (non-hydrogen) atoms. The molecule has 0 saturated heterocycles. The summed E-state index contributed by atoms with van der Waals surface area (Å²) in [6, 6.07) is 4.22. The molecule has 1 rings (SSSR count). The summed E-state index contributed by atoms with van der Waals surface area (Å²) in [4.78, 5) is 22.3. The molecule has 104 valence electrons. The first-order chi connectivity index (χ1) is 8.90. The standard InChI is InChI=1S/C13H18N2O4/c1-8(2)14-6-5-12(17)15-9-3-4-10(13(18)19)11(16)7-9/h3-4,7-8,14,16H,5-6H2,1-2H3,(H,15,17)(H,18,19). The Balaban J connectivity index is 2.55. The van der Waals surface area contributed by atoms with Crippen LogP contribution in [0.4, 0.5) is 5.69 Å². The molecule has 4 N–H and O–H groups in total. The lowest BCUT2D eigenvalue weighted by atomic mass is 10.2. The van der Waals surface area contributed by atoms with Crippen LogP contribution in [0.25, 0.3) is 0 Å². The van der Waals surface area contributed by atoms with E-state index in [1.807, 2.05) is 13.8 Å². The number of benzene rings is 1. The number of aromatic hydroxyl groups is 1. The zero-order valence-electron chi connectivity index (χ0n) is 10.9. The number of anilines is 1. The van der Waals surface area contributed by atoms with Crippen LogP contribution in [-0.4, -0.2) is 34.7 Å². The van der Waals surface area contributed by atoms with Gasteiger partial charge in [0.05, 0.1) is 0 Å². The number of aromatic carboxylic acids is 1. The lowest BCUT2D eigenvalue weighted by Gasteiger charge is -2.09. The Hall–Kier alpha value is -2.08. The summed E-state index contributed by atoms with van der Waals surface area (Å²) in [5.74, 6) is -1.78. The number of hydrogen-bond donors (Lipinski definition) is 4. The molecule has 0 bridgehead atoms. The van der Waals surface area contributed by atoms with Gasteiger partial charge in [-0.25, -0.2) is 4.79 Å². The van der Waals surface area contributed by atoms with Crippen LogP contribution in [0.1, 0.15) is 30.6 Å². The topological polar surface area (TPSA) is 98.7 Å². The third-order valence-corrected chi connectivity index (χ3v) is 2.42. The van der Waals surface area contributed by atoms with Crippen molar-refractivity contribution in [2.75, 3.05) is 11.9 Å². The average molecular weight is 266 g/mol. The van der Waals surface area contributed by atoms with Crippen molar-refractivity contribution >= 4 is 17.6 Å². The summed E-state index contributed by atoms with van der Waals surface area (Å²) < 4.78 is 0. The highest BCUT2D eigenvalue weighted by atomic mass is 16.4. The summed E-state index contributed by atoms with van der Waals surface area (Å²) in [6.07, 6.45) is 0.305. The molecular weight excluding hydrogens is 248 g/mol. The Kier molecular flexibility index (Phi) is 5.32. The highest BCUT2D eigenvalue weighted by Crippen LogP contribution is 2.21. The molecule has 0 aliphatic carbocycles. The van der Waals surface area contributed by atoms with Crippen LogP contribution in [0, 0.1) is 0 Å². The van der Waals surface area contributed by atoms with Crippen molar-refractivity contribution in [1.82, 2.24) is 5.32 Å². The molecule has 1 aromatic carbocycles. The van der Waals surface area contributed by atoms with Gasteiger partial charge in [0, 0.05) is 30.8 Å². The lowest BCUT2D eigenvalue weighted by Crippen LogP contribution is -2.27. The second-order valence-corrected chi connectivity index (χ2v) is 4.44. The van der Waals surface area contributed by atoms with Gasteiger partial charge in [-0.2, -0.15) is 0 Å². The van der Waals surface area contributed by atoms with Crippen molar-refractivity contribution in [3.63, 3.8) is 0 Å². The molecule has 0 unspecified atom stereocenters. The van der Waals surface area contributed by atoms with Crippen LogP contribution in [0.15, 0.2) is 18.2 Å². The van der Waals surface area contributed by atoms with Crippen LogP contribution in [0.3, 0.4) is 0 Å². The normalized spacial score (nSPS) is 10.5. The van der Waals surface area contributed by atoms with E-state index in [1.165, 1.54) is 18.2 Å². The number of phenols is 1. The van der Waals surface area contributed by atoms with Crippen molar-refractivity contribution in [1.29, 1.82) is 0 Å². The van der Waals surface area contributed by atoms with E-state index in [0.717, 1.165) is 0 Å². The number of hydrogen-bond acceptors (Lipinski definition) is 4. The first-order valence-corrected chi connectivity index (χ1v) is 5.99. The molecule has 1 amide bonds. The van der Waals surface area contributed by atoms with Crippen molar-refractivity contribution in [3.8, 4) is 5.75 Å². The van der Waals surface area contributed by atoms with E-state index in [4.69, 9.17) is 5.11 Å². The molecule has 0 spiro atoms. The van der Waals surface area contributed by atoms with E-state index >= 15 is 0 Å². The molecular formula is C13H18N2O4. The van der Waals surface area contributed by atoms with E-state index < -0.39 is 5.97 Å². The van der Waals surface area contributed by atoms with Crippen LogP contribution in [0.5, 0.6) is 5.75 Å². The smallest absolute Gasteiger partial charge is 0.339 e. The zero-order valence-corrected chi connectivity index (χ0v) is 10.9. The minimum Gasteiger partial charge on any atom is -0.507 e. The molecule has 1 aromatic rings. The van der Waals surface area contributed by atoms with Crippen LogP contribution in [-0.2, 0) is 4.79 Å². The van der Waals surface area contributed by atoms with Gasteiger partial charge < -0.3 is 20.8 Å². The highest BCUT2D eigenvalue weighted by Gasteiger charge is 2.10. The number of carboxylic acid groups (broad SMARTS) is 1. The maximum Gasteiger partial charge on any atom is 0.339 e. The molecule has 0 fully saturated rings. The van der Waals surface area contributed by atoms with Crippen molar-refractivity contribution in [2.45, 2.75) is 26.3 Å². The van der Waals surface area contributed by atoms with Gasteiger partial charge in [-0.15, -0.1) is 0 Å². The van der Waals surface area contributed by atoms with E-state index in [-0.39, 0.29) is 17.2 Å². The number of carboxylic acids is 1. The van der Waals surface area contributed by atoms with Gasteiger partial charge in [0.2, 0.25) is 5.91 Å². The Morgan fingerprint density at radius 3 is 2.53 bits per heavy atom. The van der Waals surface area contributed by atoms with E-state index in [2.05, 4.69) is 10.6 Å². The fourth-order valence-corrected chi connectivity index (χ4v) is 1.49. The monoisotopic (exact) mass is 266 g/mol. The van der Waals surface area contributed by atoms with E-state index in [1.54, 1.807) is 0 Å². The van der Waals surface area contributed by atoms with Gasteiger partial charge >= 0.3 is 5.97 Å². The Labute approximate surface area is 111 Å². The largest absolute Gasteiger partial charge is 0.507 e. The molecule has 0 saturated carbocycles. The Morgan fingerprint density at radius 2 is 2.00 bits per heavy atom. The lowest BCUT2D eigenvalue weighted by molar-refractivity contribution is -0.116. The van der Waals surface area contributed by atoms with E-state index in [9.17, 15) is 14.7 Å². The van der Waals surface area contributed by atoms with Crippen molar-refractivity contribution in [2.24, 2.45) is 0 Å². The van der Waals surface area contributed by atoms with E-state index in [0.29, 0.717) is 24.7 Å². The van der Waals surface area contributed by atoms with Crippen LogP contribution < -0.4 is 10.6 Å². The van der Waals surface area contributed by atoms with Gasteiger partial charge in [-0.05, 0) is 12.1 Å². The third-order valence-electron chi connectivity index (χ3n) is 2.42. The molecule has 0 radical (unpaired) electrons.